The molecule has 1 nitrogen and oxygen atoms in total. The second-order valence-electron chi connectivity index (χ2n) is 6.00. The van der Waals surface area contributed by atoms with Crippen LogP contribution in [0.2, 0.25) is 5.02 Å². The van der Waals surface area contributed by atoms with Crippen molar-refractivity contribution in [2.45, 2.75) is 39.5 Å². The summed E-state index contributed by atoms with van der Waals surface area (Å²) in [5, 5.41) is 4.49. The zero-order valence-corrected chi connectivity index (χ0v) is 12.4. The van der Waals surface area contributed by atoms with Gasteiger partial charge < -0.3 is 5.32 Å². The van der Waals surface area contributed by atoms with Gasteiger partial charge in [-0.2, -0.15) is 0 Å². The summed E-state index contributed by atoms with van der Waals surface area (Å²) in [5.74, 6) is 2.24. The highest BCUT2D eigenvalue weighted by Gasteiger charge is 2.31. The first-order chi connectivity index (χ1) is 8.58. The summed E-state index contributed by atoms with van der Waals surface area (Å²) in [7, 11) is 0. The van der Waals surface area contributed by atoms with Crippen LogP contribution in [0, 0.1) is 18.8 Å². The second-order valence-corrected chi connectivity index (χ2v) is 6.41. The third kappa shape index (κ3) is 3.27. The van der Waals surface area contributed by atoms with Crippen LogP contribution in [0.5, 0.6) is 0 Å². The Morgan fingerprint density at radius 2 is 2.11 bits per heavy atom. The van der Waals surface area contributed by atoms with E-state index >= 15 is 0 Å². The summed E-state index contributed by atoms with van der Waals surface area (Å²) in [6.45, 7) is 8.84. The highest BCUT2D eigenvalue weighted by atomic mass is 35.5. The van der Waals surface area contributed by atoms with Gasteiger partial charge in [-0.15, -0.1) is 0 Å². The van der Waals surface area contributed by atoms with Gasteiger partial charge in [-0.25, -0.2) is 0 Å². The van der Waals surface area contributed by atoms with Crippen molar-refractivity contribution in [3.8, 4) is 0 Å². The Morgan fingerprint density at radius 1 is 1.33 bits per heavy atom. The molecule has 2 rings (SSSR count). The van der Waals surface area contributed by atoms with E-state index in [0.717, 1.165) is 29.9 Å². The molecular weight excluding hydrogens is 242 g/mol. The van der Waals surface area contributed by atoms with Crippen molar-refractivity contribution >= 4 is 11.6 Å². The molecule has 0 spiro atoms. The largest absolute Gasteiger partial charge is 0.316 e. The van der Waals surface area contributed by atoms with Crippen LogP contribution in [-0.2, 0) is 0 Å². The number of benzene rings is 1. The molecule has 0 aromatic heterocycles. The normalized spacial score (nSPS) is 23.2. The van der Waals surface area contributed by atoms with Crippen LogP contribution in [0.1, 0.15) is 43.7 Å². The second kappa shape index (κ2) is 6.08. The van der Waals surface area contributed by atoms with Gasteiger partial charge >= 0.3 is 0 Å². The van der Waals surface area contributed by atoms with Crippen molar-refractivity contribution in [3.63, 3.8) is 0 Å². The zero-order chi connectivity index (χ0) is 13.1. The molecule has 0 radical (unpaired) electrons. The molecule has 0 amide bonds. The smallest absolute Gasteiger partial charge is 0.0438 e. The van der Waals surface area contributed by atoms with E-state index in [0.29, 0.717) is 5.92 Å². The van der Waals surface area contributed by atoms with E-state index in [9.17, 15) is 0 Å². The summed E-state index contributed by atoms with van der Waals surface area (Å²) < 4.78 is 0. The highest BCUT2D eigenvalue weighted by molar-refractivity contribution is 6.31. The Bertz CT molecular complexity index is 400. The number of hydrogen-bond donors (Lipinski definition) is 1. The van der Waals surface area contributed by atoms with Gasteiger partial charge in [0.1, 0.15) is 0 Å². The third-order valence-electron chi connectivity index (χ3n) is 4.00. The van der Waals surface area contributed by atoms with Crippen LogP contribution in [-0.4, -0.2) is 13.1 Å². The molecule has 1 aliphatic carbocycles. The quantitative estimate of drug-likeness (QED) is 0.833. The van der Waals surface area contributed by atoms with E-state index < -0.39 is 0 Å². The summed E-state index contributed by atoms with van der Waals surface area (Å²) in [6.07, 6.45) is 2.66. The van der Waals surface area contributed by atoms with Crippen molar-refractivity contribution in [3.05, 3.63) is 34.3 Å². The number of halogens is 1. The van der Waals surface area contributed by atoms with Gasteiger partial charge in [0.25, 0.3) is 0 Å². The maximum atomic E-state index is 6.22. The van der Waals surface area contributed by atoms with Gasteiger partial charge in [0.2, 0.25) is 0 Å². The first-order valence-electron chi connectivity index (χ1n) is 7.04. The molecule has 1 fully saturated rings. The van der Waals surface area contributed by atoms with Gasteiger partial charge in [-0.3, -0.25) is 0 Å². The molecule has 0 heterocycles. The molecule has 0 bridgehead atoms. The van der Waals surface area contributed by atoms with Crippen LogP contribution < -0.4 is 5.32 Å². The summed E-state index contributed by atoms with van der Waals surface area (Å²) in [4.78, 5) is 0. The minimum atomic E-state index is 0.711. The minimum absolute atomic E-state index is 0.711. The van der Waals surface area contributed by atoms with Crippen molar-refractivity contribution in [1.82, 2.24) is 5.32 Å². The maximum absolute atomic E-state index is 6.22. The molecule has 2 atom stereocenters. The molecule has 1 aromatic carbocycles. The molecule has 0 aliphatic heterocycles. The molecule has 1 N–H and O–H groups in total. The van der Waals surface area contributed by atoms with Crippen LogP contribution in [0.3, 0.4) is 0 Å². The fourth-order valence-electron chi connectivity index (χ4n) is 2.65. The Balaban J connectivity index is 1.91. The van der Waals surface area contributed by atoms with Gasteiger partial charge in [0.05, 0.1) is 0 Å². The minimum Gasteiger partial charge on any atom is -0.316 e. The standard InChI is InChI=1S/C16H24ClN/c1-11(2)9-18-10-14-6-7-15(14)13-5-4-12(3)16(17)8-13/h4-5,8,11,14-15,18H,6-7,9-10H2,1-3H3. The monoisotopic (exact) mass is 265 g/mol. The zero-order valence-electron chi connectivity index (χ0n) is 11.7. The van der Waals surface area contributed by atoms with Crippen molar-refractivity contribution < 1.29 is 0 Å². The Morgan fingerprint density at radius 3 is 2.67 bits per heavy atom. The summed E-state index contributed by atoms with van der Waals surface area (Å²) >= 11 is 6.22. The Kier molecular flexibility index (Phi) is 4.69. The summed E-state index contributed by atoms with van der Waals surface area (Å²) in [6, 6.07) is 6.56. The van der Waals surface area contributed by atoms with Gasteiger partial charge in [0, 0.05) is 5.02 Å². The predicted molar refractivity (Wildman–Crippen MR) is 79.4 cm³/mol. The summed E-state index contributed by atoms with van der Waals surface area (Å²) in [5.41, 5.74) is 2.60. The van der Waals surface area contributed by atoms with E-state index in [2.05, 4.69) is 44.3 Å². The van der Waals surface area contributed by atoms with Crippen LogP contribution >= 0.6 is 11.6 Å². The molecular formula is C16H24ClN. The molecule has 18 heavy (non-hydrogen) atoms. The first-order valence-corrected chi connectivity index (χ1v) is 7.42. The molecule has 2 unspecified atom stereocenters. The lowest BCUT2D eigenvalue weighted by molar-refractivity contribution is 0.243. The van der Waals surface area contributed by atoms with E-state index in [-0.39, 0.29) is 0 Å². The van der Waals surface area contributed by atoms with Crippen LogP contribution in [0.15, 0.2) is 18.2 Å². The number of hydrogen-bond acceptors (Lipinski definition) is 1. The topological polar surface area (TPSA) is 12.0 Å². The third-order valence-corrected chi connectivity index (χ3v) is 4.41. The SMILES string of the molecule is Cc1ccc(C2CCC2CNCC(C)C)cc1Cl. The number of aryl methyl sites for hydroxylation is 1. The lowest BCUT2D eigenvalue weighted by Gasteiger charge is -2.37. The van der Waals surface area contributed by atoms with Crippen molar-refractivity contribution in [2.75, 3.05) is 13.1 Å². The maximum Gasteiger partial charge on any atom is 0.0438 e. The number of rotatable bonds is 5. The van der Waals surface area contributed by atoms with Crippen LogP contribution in [0.4, 0.5) is 0 Å². The average molecular weight is 266 g/mol. The van der Waals surface area contributed by atoms with E-state index in [1.165, 1.54) is 24.0 Å². The molecule has 2 heteroatoms. The number of nitrogens with one attached hydrogen (secondary N) is 1. The molecule has 0 saturated heterocycles. The van der Waals surface area contributed by atoms with E-state index in [1.54, 1.807) is 0 Å². The average Bonchev–Trinajstić information content (AvgIpc) is 2.27. The lowest BCUT2D eigenvalue weighted by atomic mass is 9.70. The fraction of sp³-hybridized carbons (Fsp3) is 0.625. The predicted octanol–water partition coefficient (Wildman–Crippen LogP) is 4.39. The first kappa shape index (κ1) is 13.9. The molecule has 100 valence electrons. The fourth-order valence-corrected chi connectivity index (χ4v) is 2.84. The molecule has 1 saturated carbocycles. The van der Waals surface area contributed by atoms with Crippen molar-refractivity contribution in [1.29, 1.82) is 0 Å². The molecule has 1 aliphatic rings. The van der Waals surface area contributed by atoms with Gasteiger partial charge in [0.15, 0.2) is 0 Å². The van der Waals surface area contributed by atoms with Gasteiger partial charge in [-0.05, 0) is 67.8 Å². The Labute approximate surface area is 116 Å². The molecule has 1 aromatic rings. The Hall–Kier alpha value is -0.530. The highest BCUT2D eigenvalue weighted by Crippen LogP contribution is 2.42. The lowest BCUT2D eigenvalue weighted by Crippen LogP contribution is -2.35. The van der Waals surface area contributed by atoms with Crippen LogP contribution in [0.25, 0.3) is 0 Å². The van der Waals surface area contributed by atoms with E-state index in [4.69, 9.17) is 11.6 Å². The van der Waals surface area contributed by atoms with Crippen molar-refractivity contribution in [2.24, 2.45) is 11.8 Å². The van der Waals surface area contributed by atoms with E-state index in [1.807, 2.05) is 0 Å². The van der Waals surface area contributed by atoms with Gasteiger partial charge in [-0.1, -0.05) is 37.6 Å².